The van der Waals surface area contributed by atoms with Crippen molar-refractivity contribution in [2.75, 3.05) is 0 Å². The van der Waals surface area contributed by atoms with Crippen LogP contribution in [0.5, 0.6) is 0 Å². The minimum absolute atomic E-state index is 3.99. The second-order valence-corrected chi connectivity index (χ2v) is 4.46. The van der Waals surface area contributed by atoms with Gasteiger partial charge in [-0.05, 0) is 0 Å². The summed E-state index contributed by atoms with van der Waals surface area (Å²) in [6.45, 7) is 0. The van der Waals surface area contributed by atoms with Crippen LogP contribution in [0.4, 0.5) is 61.5 Å². The van der Waals surface area contributed by atoms with E-state index in [2.05, 4.69) is 0 Å². The van der Waals surface area contributed by atoms with Gasteiger partial charge in [0.25, 0.3) is 11.7 Å². The Morgan fingerprint density at radius 3 is 1.48 bits per heavy atom. The highest BCUT2D eigenvalue weighted by atomic mass is 19.4. The normalized spacial score (nSPS) is 26.7. The molecular weight excluding hydrogens is 402 g/mol. The van der Waals surface area contributed by atoms with Crippen LogP contribution in [-0.2, 0) is 4.79 Å². The monoisotopic (exact) mass is 402 g/mol. The number of carbonyl (C=O) groups excluding carboxylic acids is 1. The molecule has 0 amide bonds. The van der Waals surface area contributed by atoms with Gasteiger partial charge >= 0.3 is 24.2 Å². The zero-order valence-corrected chi connectivity index (χ0v) is 10.7. The van der Waals surface area contributed by atoms with E-state index in [1.54, 1.807) is 0 Å². The minimum atomic E-state index is -7.16. The van der Waals surface area contributed by atoms with Gasteiger partial charge in [0.05, 0.1) is 0 Å². The highest BCUT2D eigenvalue weighted by Crippen LogP contribution is 2.62. The standard InChI is InChI=1S/C10F14O/c11-3-1(9(19,20)21)4(25)8(17,18)6(14,7(3,15)16)2(5(12)13)10(22,23)24. The van der Waals surface area contributed by atoms with Crippen LogP contribution in [0.2, 0.25) is 0 Å². The molecule has 0 saturated carbocycles. The van der Waals surface area contributed by atoms with Crippen LogP contribution in [0.25, 0.3) is 0 Å². The lowest BCUT2D eigenvalue weighted by atomic mass is 9.73. The summed E-state index contributed by atoms with van der Waals surface area (Å²) in [7, 11) is 0. The van der Waals surface area contributed by atoms with Crippen molar-refractivity contribution in [2.24, 2.45) is 0 Å². The fourth-order valence-electron chi connectivity index (χ4n) is 1.92. The van der Waals surface area contributed by atoms with E-state index in [1.807, 2.05) is 0 Å². The molecule has 25 heavy (non-hydrogen) atoms. The predicted octanol–water partition coefficient (Wildman–Crippen LogP) is 5.05. The first-order chi connectivity index (χ1) is 10.8. The molecule has 0 aromatic carbocycles. The molecule has 0 aromatic rings. The fraction of sp³-hybridized carbons (Fsp3) is 0.500. The summed E-state index contributed by atoms with van der Waals surface area (Å²) in [6.07, 6.45) is -18.2. The zero-order chi connectivity index (χ0) is 20.4. The summed E-state index contributed by atoms with van der Waals surface area (Å²) >= 11 is 0. The number of alkyl halides is 11. The summed E-state index contributed by atoms with van der Waals surface area (Å²) in [5, 5.41) is 0. The van der Waals surface area contributed by atoms with Gasteiger partial charge in [-0.3, -0.25) is 4.79 Å². The lowest BCUT2D eigenvalue weighted by Crippen LogP contribution is -2.68. The number of halogens is 14. The summed E-state index contributed by atoms with van der Waals surface area (Å²) in [5.41, 5.74) is -15.8. The topological polar surface area (TPSA) is 17.1 Å². The van der Waals surface area contributed by atoms with Crippen molar-refractivity contribution in [1.82, 2.24) is 0 Å². The molecule has 1 aliphatic rings. The van der Waals surface area contributed by atoms with Gasteiger partial charge in [-0.15, -0.1) is 0 Å². The van der Waals surface area contributed by atoms with Crippen molar-refractivity contribution in [3.05, 3.63) is 23.1 Å². The third-order valence-electron chi connectivity index (χ3n) is 2.97. The molecule has 0 fully saturated rings. The molecule has 0 radical (unpaired) electrons. The Kier molecular flexibility index (Phi) is 4.52. The first kappa shape index (κ1) is 21.2. The van der Waals surface area contributed by atoms with Gasteiger partial charge in [0.1, 0.15) is 11.1 Å². The zero-order valence-electron chi connectivity index (χ0n) is 10.7. The third-order valence-corrected chi connectivity index (χ3v) is 2.97. The molecule has 0 heterocycles. The van der Waals surface area contributed by atoms with Gasteiger partial charge in [0.15, 0.2) is 5.83 Å². The highest BCUT2D eigenvalue weighted by molar-refractivity contribution is 6.05. The fourth-order valence-corrected chi connectivity index (χ4v) is 1.92. The molecule has 0 spiro atoms. The van der Waals surface area contributed by atoms with Gasteiger partial charge in [0.2, 0.25) is 5.78 Å². The van der Waals surface area contributed by atoms with E-state index in [-0.39, 0.29) is 0 Å². The lowest BCUT2D eigenvalue weighted by Gasteiger charge is -2.42. The SMILES string of the molecule is O=C1C(C(F)(F)F)=C(F)C(F)(F)C(F)(C(=C(F)F)C(F)(F)F)C1(F)F. The Balaban J connectivity index is 4.08. The molecule has 0 saturated heterocycles. The Hall–Kier alpha value is -1.83. The van der Waals surface area contributed by atoms with Crippen LogP contribution in [-0.4, -0.2) is 35.6 Å². The molecular formula is C10F14O. The van der Waals surface area contributed by atoms with Crippen molar-refractivity contribution < 1.29 is 66.3 Å². The number of hydrogen-bond acceptors (Lipinski definition) is 1. The van der Waals surface area contributed by atoms with Gasteiger partial charge in [-0.2, -0.15) is 52.7 Å². The van der Waals surface area contributed by atoms with Crippen molar-refractivity contribution >= 4 is 5.78 Å². The molecule has 0 N–H and O–H groups in total. The van der Waals surface area contributed by atoms with Crippen molar-refractivity contribution in [3.63, 3.8) is 0 Å². The van der Waals surface area contributed by atoms with Crippen molar-refractivity contribution in [3.8, 4) is 0 Å². The molecule has 144 valence electrons. The number of rotatable bonds is 1. The first-order valence-electron chi connectivity index (χ1n) is 5.35. The molecule has 1 atom stereocenters. The Bertz CT molecular complexity index is 658. The maximum absolute atomic E-state index is 14.0. The van der Waals surface area contributed by atoms with Crippen LogP contribution in [0.3, 0.4) is 0 Å². The van der Waals surface area contributed by atoms with Crippen LogP contribution >= 0.6 is 0 Å². The van der Waals surface area contributed by atoms with Gasteiger partial charge in [0, 0.05) is 0 Å². The largest absolute Gasteiger partial charge is 0.422 e. The molecule has 0 aliphatic heterocycles. The van der Waals surface area contributed by atoms with E-state index in [4.69, 9.17) is 0 Å². The molecule has 15 heteroatoms. The number of allylic oxidation sites excluding steroid dienone is 3. The molecule has 1 unspecified atom stereocenters. The number of hydrogen-bond donors (Lipinski definition) is 0. The first-order valence-corrected chi connectivity index (χ1v) is 5.35. The Morgan fingerprint density at radius 1 is 0.800 bits per heavy atom. The van der Waals surface area contributed by atoms with Crippen LogP contribution in [0.1, 0.15) is 0 Å². The van der Waals surface area contributed by atoms with E-state index >= 15 is 0 Å². The minimum Gasteiger partial charge on any atom is -0.287 e. The van der Waals surface area contributed by atoms with Crippen molar-refractivity contribution in [2.45, 2.75) is 29.9 Å². The van der Waals surface area contributed by atoms with E-state index in [0.717, 1.165) is 0 Å². The summed E-state index contributed by atoms with van der Waals surface area (Å²) in [6, 6.07) is 0. The van der Waals surface area contributed by atoms with Gasteiger partial charge < -0.3 is 0 Å². The Labute approximate surface area is 126 Å². The number of Topliss-reactive ketones (excluding diaryl/α,β-unsaturated/α-hetero) is 1. The van der Waals surface area contributed by atoms with Crippen LogP contribution < -0.4 is 0 Å². The van der Waals surface area contributed by atoms with Gasteiger partial charge in [-0.1, -0.05) is 0 Å². The number of carbonyl (C=O) groups is 1. The predicted molar refractivity (Wildman–Crippen MR) is 48.2 cm³/mol. The maximum Gasteiger partial charge on any atom is 0.422 e. The average Bonchev–Trinajstić information content (AvgIpc) is 2.32. The molecule has 0 aromatic heterocycles. The van der Waals surface area contributed by atoms with Crippen LogP contribution in [0, 0.1) is 0 Å². The molecule has 1 aliphatic carbocycles. The molecule has 1 nitrogen and oxygen atoms in total. The highest BCUT2D eigenvalue weighted by Gasteiger charge is 2.85. The summed E-state index contributed by atoms with van der Waals surface area (Å²) in [5.74, 6) is -22.7. The average molecular weight is 402 g/mol. The summed E-state index contributed by atoms with van der Waals surface area (Å²) in [4.78, 5) is 10.9. The smallest absolute Gasteiger partial charge is 0.287 e. The second-order valence-electron chi connectivity index (χ2n) is 4.46. The van der Waals surface area contributed by atoms with E-state index in [9.17, 15) is 66.3 Å². The third kappa shape index (κ3) is 2.67. The molecule has 1 rings (SSSR count). The second kappa shape index (κ2) is 5.33. The molecule has 0 bridgehead atoms. The summed E-state index contributed by atoms with van der Waals surface area (Å²) < 4.78 is 179. The van der Waals surface area contributed by atoms with E-state index in [1.165, 1.54) is 0 Å². The maximum atomic E-state index is 14.0. The number of ketones is 1. The van der Waals surface area contributed by atoms with Gasteiger partial charge in [-0.25, -0.2) is 8.78 Å². The lowest BCUT2D eigenvalue weighted by molar-refractivity contribution is -0.248. The van der Waals surface area contributed by atoms with Crippen LogP contribution in [0.15, 0.2) is 23.1 Å². The van der Waals surface area contributed by atoms with E-state index in [0.29, 0.717) is 0 Å². The Morgan fingerprint density at radius 2 is 1.20 bits per heavy atom. The van der Waals surface area contributed by atoms with E-state index < -0.39 is 58.7 Å². The quantitative estimate of drug-likeness (QED) is 0.562. The van der Waals surface area contributed by atoms with Crippen molar-refractivity contribution in [1.29, 1.82) is 0 Å².